The molecule has 2 unspecified atom stereocenters. The van der Waals surface area contributed by atoms with Gasteiger partial charge in [0.25, 0.3) is 0 Å². The van der Waals surface area contributed by atoms with Crippen molar-refractivity contribution in [1.82, 2.24) is 20.4 Å². The molecule has 2 atom stereocenters. The van der Waals surface area contributed by atoms with E-state index in [1.807, 2.05) is 7.05 Å². The first-order valence-corrected chi connectivity index (χ1v) is 6.51. The average Bonchev–Trinajstić information content (AvgIpc) is 2.87. The molecule has 7 nitrogen and oxygen atoms in total. The number of likely N-dealkylation sites (N-methyl/N-ethyl adjacent to an activating group) is 2. The second-order valence-corrected chi connectivity index (χ2v) is 4.81. The third-order valence-corrected chi connectivity index (χ3v) is 3.24. The molecule has 19 heavy (non-hydrogen) atoms. The summed E-state index contributed by atoms with van der Waals surface area (Å²) in [6.45, 7) is 3.05. The SMILES string of the molecule is CNC(COC)Cc1nc(C2CN(C)CCO2)no1. The van der Waals surface area contributed by atoms with Crippen LogP contribution in [0.4, 0.5) is 0 Å². The molecule has 1 N–H and O–H groups in total. The summed E-state index contributed by atoms with van der Waals surface area (Å²) in [7, 11) is 5.63. The van der Waals surface area contributed by atoms with Crippen molar-refractivity contribution >= 4 is 0 Å². The molecule has 1 aliphatic rings. The van der Waals surface area contributed by atoms with Crippen molar-refractivity contribution in [1.29, 1.82) is 0 Å². The molecule has 0 bridgehead atoms. The third-order valence-electron chi connectivity index (χ3n) is 3.24. The van der Waals surface area contributed by atoms with Gasteiger partial charge in [-0.2, -0.15) is 4.98 Å². The number of methoxy groups -OCH3 is 1. The molecule has 108 valence electrons. The van der Waals surface area contributed by atoms with E-state index in [1.165, 1.54) is 0 Å². The van der Waals surface area contributed by atoms with E-state index in [-0.39, 0.29) is 12.1 Å². The molecule has 1 aromatic rings. The van der Waals surface area contributed by atoms with Crippen LogP contribution in [-0.2, 0) is 15.9 Å². The summed E-state index contributed by atoms with van der Waals surface area (Å²) in [5.74, 6) is 1.25. The zero-order valence-corrected chi connectivity index (χ0v) is 11.8. The molecule has 1 saturated heterocycles. The zero-order chi connectivity index (χ0) is 13.7. The van der Waals surface area contributed by atoms with Crippen molar-refractivity contribution in [3.05, 3.63) is 11.7 Å². The normalized spacial score (nSPS) is 22.6. The van der Waals surface area contributed by atoms with E-state index in [9.17, 15) is 0 Å². The van der Waals surface area contributed by atoms with Crippen molar-refractivity contribution in [3.8, 4) is 0 Å². The van der Waals surface area contributed by atoms with E-state index < -0.39 is 0 Å². The van der Waals surface area contributed by atoms with Crippen LogP contribution in [0.15, 0.2) is 4.52 Å². The van der Waals surface area contributed by atoms with Gasteiger partial charge in [0.15, 0.2) is 0 Å². The molecule has 0 radical (unpaired) electrons. The fourth-order valence-electron chi connectivity index (χ4n) is 2.07. The minimum atomic E-state index is -0.0910. The van der Waals surface area contributed by atoms with E-state index in [0.29, 0.717) is 31.3 Å². The summed E-state index contributed by atoms with van der Waals surface area (Å²) < 4.78 is 16.1. The van der Waals surface area contributed by atoms with E-state index in [1.54, 1.807) is 7.11 Å². The van der Waals surface area contributed by atoms with Gasteiger partial charge in [0, 0.05) is 32.7 Å². The third kappa shape index (κ3) is 3.97. The van der Waals surface area contributed by atoms with Gasteiger partial charge < -0.3 is 24.2 Å². The lowest BCUT2D eigenvalue weighted by Crippen LogP contribution is -2.35. The Morgan fingerprint density at radius 2 is 2.42 bits per heavy atom. The largest absolute Gasteiger partial charge is 0.383 e. The standard InChI is InChI=1S/C12H22N4O3/c1-13-9(8-17-3)6-11-14-12(15-19-11)10-7-16(2)4-5-18-10/h9-10,13H,4-8H2,1-3H3. The van der Waals surface area contributed by atoms with Crippen LogP contribution in [0.3, 0.4) is 0 Å². The predicted octanol–water partition coefficient (Wildman–Crippen LogP) is -0.150. The Morgan fingerprint density at radius 1 is 1.58 bits per heavy atom. The Morgan fingerprint density at radius 3 is 3.11 bits per heavy atom. The van der Waals surface area contributed by atoms with Crippen molar-refractivity contribution in [3.63, 3.8) is 0 Å². The molecule has 1 aromatic heterocycles. The molecular weight excluding hydrogens is 248 g/mol. The van der Waals surface area contributed by atoms with Crippen molar-refractivity contribution < 1.29 is 14.0 Å². The van der Waals surface area contributed by atoms with Crippen LogP contribution in [0, 0.1) is 0 Å². The summed E-state index contributed by atoms with van der Waals surface area (Å²) in [6.07, 6.45) is 0.562. The monoisotopic (exact) mass is 270 g/mol. The van der Waals surface area contributed by atoms with Crippen LogP contribution in [0.5, 0.6) is 0 Å². The molecular formula is C12H22N4O3. The Hall–Kier alpha value is -1.02. The maximum atomic E-state index is 5.66. The predicted molar refractivity (Wildman–Crippen MR) is 68.9 cm³/mol. The summed E-state index contributed by atoms with van der Waals surface area (Å²) in [5.41, 5.74) is 0. The molecule has 2 heterocycles. The van der Waals surface area contributed by atoms with Crippen LogP contribution < -0.4 is 5.32 Å². The van der Waals surface area contributed by atoms with E-state index >= 15 is 0 Å². The maximum Gasteiger partial charge on any atom is 0.228 e. The molecule has 0 amide bonds. The highest BCUT2D eigenvalue weighted by molar-refractivity contribution is 4.95. The highest BCUT2D eigenvalue weighted by Gasteiger charge is 2.24. The van der Waals surface area contributed by atoms with Crippen LogP contribution in [0.25, 0.3) is 0 Å². The Bertz CT molecular complexity index is 385. The van der Waals surface area contributed by atoms with Crippen LogP contribution >= 0.6 is 0 Å². The van der Waals surface area contributed by atoms with Gasteiger partial charge in [-0.25, -0.2) is 0 Å². The van der Waals surface area contributed by atoms with Gasteiger partial charge in [0.05, 0.1) is 13.2 Å². The highest BCUT2D eigenvalue weighted by Crippen LogP contribution is 2.19. The number of aromatic nitrogens is 2. The van der Waals surface area contributed by atoms with Gasteiger partial charge in [-0.3, -0.25) is 0 Å². The molecule has 0 saturated carbocycles. The average molecular weight is 270 g/mol. The first-order valence-electron chi connectivity index (χ1n) is 6.51. The second kappa shape index (κ2) is 6.95. The number of nitrogens with zero attached hydrogens (tertiary/aromatic N) is 3. The number of hydrogen-bond acceptors (Lipinski definition) is 7. The van der Waals surface area contributed by atoms with Gasteiger partial charge in [0.2, 0.25) is 11.7 Å². The van der Waals surface area contributed by atoms with E-state index in [0.717, 1.165) is 13.1 Å². The fraction of sp³-hybridized carbons (Fsp3) is 0.833. The maximum absolute atomic E-state index is 5.66. The fourth-order valence-corrected chi connectivity index (χ4v) is 2.07. The minimum absolute atomic E-state index is 0.0910. The van der Waals surface area contributed by atoms with Gasteiger partial charge in [-0.15, -0.1) is 0 Å². The smallest absolute Gasteiger partial charge is 0.228 e. The Labute approximate surface area is 113 Å². The molecule has 2 rings (SSSR count). The summed E-state index contributed by atoms with van der Waals surface area (Å²) >= 11 is 0. The molecule has 1 fully saturated rings. The van der Waals surface area contributed by atoms with Crippen LogP contribution in [-0.4, -0.2) is 68.6 Å². The van der Waals surface area contributed by atoms with E-state index in [4.69, 9.17) is 14.0 Å². The number of rotatable bonds is 6. The topological polar surface area (TPSA) is 72.7 Å². The first kappa shape index (κ1) is 14.4. The van der Waals surface area contributed by atoms with Crippen molar-refractivity contribution in [2.75, 3.05) is 47.5 Å². The minimum Gasteiger partial charge on any atom is -0.383 e. The van der Waals surface area contributed by atoms with E-state index in [2.05, 4.69) is 27.4 Å². The number of nitrogens with one attached hydrogen (secondary N) is 1. The quantitative estimate of drug-likeness (QED) is 0.770. The van der Waals surface area contributed by atoms with Gasteiger partial charge in [-0.1, -0.05) is 5.16 Å². The highest BCUT2D eigenvalue weighted by atomic mass is 16.5. The zero-order valence-electron chi connectivity index (χ0n) is 11.8. The Kier molecular flexibility index (Phi) is 5.26. The lowest BCUT2D eigenvalue weighted by molar-refractivity contribution is -0.0264. The molecule has 7 heteroatoms. The number of ether oxygens (including phenoxy) is 2. The summed E-state index contributed by atoms with van der Waals surface area (Å²) in [5, 5.41) is 7.17. The van der Waals surface area contributed by atoms with Crippen LogP contribution in [0.1, 0.15) is 17.8 Å². The van der Waals surface area contributed by atoms with Gasteiger partial charge in [0.1, 0.15) is 6.10 Å². The summed E-state index contributed by atoms with van der Waals surface area (Å²) in [6, 6.07) is 0.174. The molecule has 0 spiro atoms. The number of morpholine rings is 1. The first-order chi connectivity index (χ1) is 9.22. The van der Waals surface area contributed by atoms with Gasteiger partial charge >= 0.3 is 0 Å². The Balaban J connectivity index is 1.94. The lowest BCUT2D eigenvalue weighted by atomic mass is 10.2. The molecule has 0 aliphatic carbocycles. The van der Waals surface area contributed by atoms with Crippen molar-refractivity contribution in [2.24, 2.45) is 0 Å². The number of hydrogen-bond donors (Lipinski definition) is 1. The summed E-state index contributed by atoms with van der Waals surface area (Å²) in [4.78, 5) is 6.61. The second-order valence-electron chi connectivity index (χ2n) is 4.81. The lowest BCUT2D eigenvalue weighted by Gasteiger charge is -2.27. The molecule has 1 aliphatic heterocycles. The van der Waals surface area contributed by atoms with Gasteiger partial charge in [-0.05, 0) is 14.1 Å². The van der Waals surface area contributed by atoms with Crippen LogP contribution in [0.2, 0.25) is 0 Å². The molecule has 0 aromatic carbocycles. The van der Waals surface area contributed by atoms with Crippen molar-refractivity contribution in [2.45, 2.75) is 18.6 Å².